The van der Waals surface area contributed by atoms with E-state index in [2.05, 4.69) is 32.0 Å². The molecule has 1 aliphatic heterocycles. The topological polar surface area (TPSA) is 132 Å². The van der Waals surface area contributed by atoms with Gasteiger partial charge in [-0.25, -0.2) is 4.98 Å². The first-order valence-electron chi connectivity index (χ1n) is 14.7. The monoisotopic (exact) mass is 562 g/mol. The predicted molar refractivity (Wildman–Crippen MR) is 156 cm³/mol. The first-order valence-corrected chi connectivity index (χ1v) is 15.0. The molecule has 7 rings (SSSR count). The van der Waals surface area contributed by atoms with Gasteiger partial charge in [0.15, 0.2) is 0 Å². The molecule has 5 aliphatic rings. The average Bonchev–Trinajstić information content (AvgIpc) is 2.95. The highest BCUT2D eigenvalue weighted by molar-refractivity contribution is 6.31. The van der Waals surface area contributed by atoms with Crippen LogP contribution in [0.3, 0.4) is 0 Å². The van der Waals surface area contributed by atoms with Crippen molar-refractivity contribution in [3.63, 3.8) is 0 Å². The van der Waals surface area contributed by atoms with Crippen LogP contribution in [0.25, 0.3) is 0 Å². The molecule has 1 unspecified atom stereocenters. The largest absolute Gasteiger partial charge is 0.368 e. The number of carbonyl (C=O) groups excluding carboxylic acids is 1. The minimum absolute atomic E-state index is 0.199. The number of anilines is 2. The van der Waals surface area contributed by atoms with Crippen molar-refractivity contribution in [2.24, 2.45) is 28.9 Å². The molecule has 5 N–H and O–H groups in total. The molecular weight excluding hydrogens is 524 g/mol. The Morgan fingerprint density at radius 3 is 2.62 bits per heavy atom. The normalized spacial score (nSPS) is 29.3. The summed E-state index contributed by atoms with van der Waals surface area (Å²) in [4.78, 5) is 23.8. The zero-order chi connectivity index (χ0) is 27.7. The van der Waals surface area contributed by atoms with E-state index in [1.807, 2.05) is 29.2 Å². The molecule has 2 aromatic rings. The van der Waals surface area contributed by atoms with E-state index in [4.69, 9.17) is 17.3 Å². The van der Waals surface area contributed by atoms with Crippen molar-refractivity contribution >= 4 is 29.3 Å². The summed E-state index contributed by atoms with van der Waals surface area (Å²) in [7, 11) is 0. The van der Waals surface area contributed by atoms with E-state index in [0.29, 0.717) is 53.3 Å². The van der Waals surface area contributed by atoms with Crippen LogP contribution in [-0.4, -0.2) is 59.0 Å². The third kappa shape index (κ3) is 5.76. The Hall–Kier alpha value is -2.93. The van der Waals surface area contributed by atoms with E-state index in [1.54, 1.807) is 6.20 Å². The first kappa shape index (κ1) is 27.3. The number of hydrogen-bond donors (Lipinski definition) is 4. The second-order valence-corrected chi connectivity index (χ2v) is 12.9. The number of aromatic nitrogens is 2. The van der Waals surface area contributed by atoms with Gasteiger partial charge in [-0.3, -0.25) is 4.79 Å². The summed E-state index contributed by atoms with van der Waals surface area (Å²) >= 11 is 6.29. The Balaban J connectivity index is 1.07. The molecule has 0 spiro atoms. The van der Waals surface area contributed by atoms with Gasteiger partial charge in [-0.1, -0.05) is 29.8 Å². The van der Waals surface area contributed by atoms with Crippen LogP contribution in [0.1, 0.15) is 56.1 Å². The van der Waals surface area contributed by atoms with Crippen molar-refractivity contribution in [3.8, 4) is 6.07 Å². The number of nitrogens with zero attached hydrogens (tertiary/aromatic N) is 4. The zero-order valence-corrected chi connectivity index (χ0v) is 23.7. The van der Waals surface area contributed by atoms with Crippen molar-refractivity contribution in [1.29, 1.82) is 5.26 Å². The van der Waals surface area contributed by atoms with E-state index in [1.165, 1.54) is 19.3 Å². The highest BCUT2D eigenvalue weighted by Gasteiger charge is 2.55. The van der Waals surface area contributed by atoms with Crippen molar-refractivity contribution < 1.29 is 4.79 Å². The number of amides is 1. The van der Waals surface area contributed by atoms with Crippen LogP contribution in [0, 0.1) is 34.5 Å². The first-order chi connectivity index (χ1) is 19.4. The maximum Gasteiger partial charge on any atom is 0.236 e. The van der Waals surface area contributed by atoms with Gasteiger partial charge in [0.1, 0.15) is 17.5 Å². The standard InChI is InChI=1S/C30H39ClN8O/c31-25-4-2-1-3-20(25)15-35-29-36-16-23(14-32)28(38-29)37-18-30-11-19-9-21(12-30)27(22(10-19)13-30)34-17-26(40)39-7-5-24(33)6-8-39/h1-4,16,19,21-22,24,27,34H,5-13,15,17-18,33H2,(H2,35,36,37,38)/t19?,21-,22+,27-,30-. The Morgan fingerprint density at radius 1 is 1.15 bits per heavy atom. The van der Waals surface area contributed by atoms with Gasteiger partial charge >= 0.3 is 0 Å². The highest BCUT2D eigenvalue weighted by atomic mass is 35.5. The van der Waals surface area contributed by atoms with E-state index in [-0.39, 0.29) is 17.4 Å². The fourth-order valence-electron chi connectivity index (χ4n) is 7.98. The third-order valence-electron chi connectivity index (χ3n) is 9.72. The van der Waals surface area contributed by atoms with Crippen molar-refractivity contribution in [2.75, 3.05) is 36.8 Å². The molecule has 0 radical (unpaired) electrons. The Kier molecular flexibility index (Phi) is 7.84. The summed E-state index contributed by atoms with van der Waals surface area (Å²) in [5.74, 6) is 3.18. The van der Waals surface area contributed by atoms with E-state index >= 15 is 0 Å². The minimum atomic E-state index is 0.199. The molecule has 4 bridgehead atoms. The third-order valence-corrected chi connectivity index (χ3v) is 10.1. The number of carbonyl (C=O) groups is 1. The minimum Gasteiger partial charge on any atom is -0.368 e. The number of likely N-dealkylation sites (tertiary alicyclic amines) is 1. The summed E-state index contributed by atoms with van der Waals surface area (Å²) < 4.78 is 0. The van der Waals surface area contributed by atoms with E-state index in [9.17, 15) is 10.1 Å². The molecule has 40 heavy (non-hydrogen) atoms. The number of benzene rings is 1. The fraction of sp³-hybridized carbons (Fsp3) is 0.600. The lowest BCUT2D eigenvalue weighted by Gasteiger charge is -2.60. The second-order valence-electron chi connectivity index (χ2n) is 12.5. The molecule has 1 aromatic heterocycles. The lowest BCUT2D eigenvalue weighted by Crippen LogP contribution is -2.60. The molecule has 5 atom stereocenters. The number of halogens is 1. The van der Waals surface area contributed by atoms with Gasteiger partial charge in [0.2, 0.25) is 11.9 Å². The smallest absolute Gasteiger partial charge is 0.236 e. The summed E-state index contributed by atoms with van der Waals surface area (Å²) in [5, 5.41) is 20.9. The molecular formula is C30H39ClN8O. The molecule has 1 amide bonds. The fourth-order valence-corrected chi connectivity index (χ4v) is 8.18. The number of hydrogen-bond acceptors (Lipinski definition) is 8. The molecule has 10 heteroatoms. The molecule has 4 saturated carbocycles. The number of nitrogens with two attached hydrogens (primary N) is 1. The van der Waals surface area contributed by atoms with Crippen LogP contribution in [0.5, 0.6) is 0 Å². The predicted octanol–water partition coefficient (Wildman–Crippen LogP) is 3.76. The molecule has 9 nitrogen and oxygen atoms in total. The van der Waals surface area contributed by atoms with Crippen LogP contribution in [-0.2, 0) is 11.3 Å². The number of nitriles is 1. The molecule has 4 aliphatic carbocycles. The molecule has 212 valence electrons. The lowest BCUT2D eigenvalue weighted by atomic mass is 9.48. The molecule has 1 saturated heterocycles. The van der Waals surface area contributed by atoms with Gasteiger partial charge in [0.25, 0.3) is 0 Å². The van der Waals surface area contributed by atoms with Crippen molar-refractivity contribution in [1.82, 2.24) is 20.2 Å². The van der Waals surface area contributed by atoms with Crippen LogP contribution in [0.15, 0.2) is 30.5 Å². The van der Waals surface area contributed by atoms with Crippen LogP contribution < -0.4 is 21.7 Å². The van der Waals surface area contributed by atoms with Crippen LogP contribution in [0.4, 0.5) is 11.8 Å². The van der Waals surface area contributed by atoms with Gasteiger partial charge in [-0.15, -0.1) is 0 Å². The van der Waals surface area contributed by atoms with Crippen LogP contribution in [0.2, 0.25) is 5.02 Å². The summed E-state index contributed by atoms with van der Waals surface area (Å²) in [5.41, 5.74) is 7.63. The Labute approximate surface area is 241 Å². The summed E-state index contributed by atoms with van der Waals surface area (Å²) in [6.07, 6.45) is 9.37. The van der Waals surface area contributed by atoms with Gasteiger partial charge in [-0.05, 0) is 79.7 Å². The molecule has 1 aromatic carbocycles. The van der Waals surface area contributed by atoms with E-state index < -0.39 is 0 Å². The quantitative estimate of drug-likeness (QED) is 0.363. The van der Waals surface area contributed by atoms with Crippen molar-refractivity contribution in [3.05, 3.63) is 46.6 Å². The Bertz CT molecular complexity index is 1260. The Morgan fingerprint density at radius 2 is 1.90 bits per heavy atom. The number of piperidine rings is 1. The van der Waals surface area contributed by atoms with Gasteiger partial charge in [0.05, 0.1) is 12.7 Å². The lowest BCUT2D eigenvalue weighted by molar-refractivity contribution is -0.132. The summed E-state index contributed by atoms with van der Waals surface area (Å²) in [6, 6.07) is 10.6. The maximum atomic E-state index is 12.9. The number of nitrogens with one attached hydrogen (secondary N) is 3. The number of rotatable bonds is 9. The van der Waals surface area contributed by atoms with E-state index in [0.717, 1.165) is 56.8 Å². The van der Waals surface area contributed by atoms with Gasteiger partial charge < -0.3 is 26.6 Å². The second kappa shape index (κ2) is 11.5. The highest BCUT2D eigenvalue weighted by Crippen LogP contribution is 2.60. The van der Waals surface area contributed by atoms with Gasteiger partial charge in [0, 0.05) is 43.3 Å². The van der Waals surface area contributed by atoms with Gasteiger partial charge in [-0.2, -0.15) is 10.2 Å². The van der Waals surface area contributed by atoms with Crippen LogP contribution >= 0.6 is 11.6 Å². The molecule has 5 fully saturated rings. The maximum absolute atomic E-state index is 12.9. The summed E-state index contributed by atoms with van der Waals surface area (Å²) in [6.45, 7) is 3.29. The average molecular weight is 563 g/mol. The molecule has 2 heterocycles. The zero-order valence-electron chi connectivity index (χ0n) is 22.9. The van der Waals surface area contributed by atoms with Crippen molar-refractivity contribution in [2.45, 2.75) is 63.6 Å². The SMILES string of the molecule is N#Cc1cnc(NCc2ccccc2Cl)nc1NC[C@]12CC3C[C@H](C1)[C@@H](NCC(=O)N1CCC(N)CC1)[C@@H](C3)C2.